The summed E-state index contributed by atoms with van der Waals surface area (Å²) in [7, 11) is 5.24. The van der Waals surface area contributed by atoms with Gasteiger partial charge in [0.2, 0.25) is 11.8 Å². The molecule has 108 valence electrons. The van der Waals surface area contributed by atoms with Crippen molar-refractivity contribution in [2.45, 2.75) is 25.4 Å². The fourth-order valence-electron chi connectivity index (χ4n) is 2.55. The van der Waals surface area contributed by atoms with Crippen molar-refractivity contribution in [3.05, 3.63) is 29.8 Å². The number of amides is 2. The Morgan fingerprint density at radius 2 is 2.05 bits per heavy atom. The molecule has 2 amide bonds. The number of hydrogen-bond donors (Lipinski definition) is 1. The number of rotatable bonds is 3. The molecule has 5 heteroatoms. The molecular weight excluding hydrogens is 254 g/mol. The molecule has 0 radical (unpaired) electrons. The average Bonchev–Trinajstić information content (AvgIpc) is 2.43. The Morgan fingerprint density at radius 3 is 2.70 bits per heavy atom. The molecule has 20 heavy (non-hydrogen) atoms. The second-order valence-electron chi connectivity index (χ2n) is 5.39. The van der Waals surface area contributed by atoms with Crippen molar-refractivity contribution in [2.24, 2.45) is 0 Å². The minimum Gasteiger partial charge on any atom is -0.347 e. The van der Waals surface area contributed by atoms with Crippen LogP contribution in [0.5, 0.6) is 0 Å². The Balaban J connectivity index is 2.23. The predicted molar refractivity (Wildman–Crippen MR) is 78.5 cm³/mol. The largest absolute Gasteiger partial charge is 0.347 e. The maximum atomic E-state index is 12.0. The second kappa shape index (κ2) is 5.63. The third-order valence-electron chi connectivity index (χ3n) is 3.69. The van der Waals surface area contributed by atoms with Gasteiger partial charge in [-0.2, -0.15) is 0 Å². The number of para-hydroxylation sites is 1. The SMILES string of the molecule is CC(NC1CC(=O)N(C)c2ccccc21)C(=O)N(C)C. The lowest BCUT2D eigenvalue weighted by Crippen LogP contribution is -2.46. The number of hydrogen-bond acceptors (Lipinski definition) is 3. The lowest BCUT2D eigenvalue weighted by atomic mass is 9.95. The van der Waals surface area contributed by atoms with E-state index in [0.717, 1.165) is 11.3 Å². The van der Waals surface area contributed by atoms with Crippen molar-refractivity contribution in [1.82, 2.24) is 10.2 Å². The normalized spacial score (nSPS) is 19.5. The van der Waals surface area contributed by atoms with Gasteiger partial charge in [0.25, 0.3) is 0 Å². The summed E-state index contributed by atoms with van der Waals surface area (Å²) < 4.78 is 0. The quantitative estimate of drug-likeness (QED) is 0.900. The van der Waals surface area contributed by atoms with Gasteiger partial charge in [0.05, 0.1) is 6.04 Å². The number of benzene rings is 1. The summed E-state index contributed by atoms with van der Waals surface area (Å²) in [4.78, 5) is 27.2. The molecule has 0 saturated heterocycles. The Morgan fingerprint density at radius 1 is 1.40 bits per heavy atom. The van der Waals surface area contributed by atoms with E-state index < -0.39 is 0 Å². The first-order chi connectivity index (χ1) is 9.41. The lowest BCUT2D eigenvalue weighted by molar-refractivity contribution is -0.131. The van der Waals surface area contributed by atoms with E-state index in [4.69, 9.17) is 0 Å². The molecule has 0 spiro atoms. The van der Waals surface area contributed by atoms with Crippen molar-refractivity contribution >= 4 is 17.5 Å². The Hall–Kier alpha value is -1.88. The first kappa shape index (κ1) is 14.5. The molecular formula is C15H21N3O2. The molecule has 5 nitrogen and oxygen atoms in total. The second-order valence-corrected chi connectivity index (χ2v) is 5.39. The summed E-state index contributed by atoms with van der Waals surface area (Å²) in [5.74, 6) is 0.0690. The van der Waals surface area contributed by atoms with Gasteiger partial charge in [-0.3, -0.25) is 14.9 Å². The van der Waals surface area contributed by atoms with Gasteiger partial charge in [-0.25, -0.2) is 0 Å². The fourth-order valence-corrected chi connectivity index (χ4v) is 2.55. The maximum absolute atomic E-state index is 12.0. The Labute approximate surface area is 119 Å². The molecule has 1 aliphatic heterocycles. The first-order valence-electron chi connectivity index (χ1n) is 6.74. The van der Waals surface area contributed by atoms with E-state index in [-0.39, 0.29) is 23.9 Å². The van der Waals surface area contributed by atoms with Crippen molar-refractivity contribution in [3.8, 4) is 0 Å². The van der Waals surface area contributed by atoms with Crippen molar-refractivity contribution in [2.75, 3.05) is 26.0 Å². The zero-order valence-corrected chi connectivity index (χ0v) is 12.4. The molecule has 0 aromatic heterocycles. The molecule has 1 heterocycles. The van der Waals surface area contributed by atoms with Crippen molar-refractivity contribution < 1.29 is 9.59 Å². The summed E-state index contributed by atoms with van der Waals surface area (Å²) in [6.45, 7) is 1.83. The van der Waals surface area contributed by atoms with Crippen LogP contribution in [0.3, 0.4) is 0 Å². The van der Waals surface area contributed by atoms with Crippen LogP contribution in [0.4, 0.5) is 5.69 Å². The summed E-state index contributed by atoms with van der Waals surface area (Å²) in [5, 5.41) is 3.27. The number of carbonyl (C=O) groups excluding carboxylic acids is 2. The lowest BCUT2D eigenvalue weighted by Gasteiger charge is -2.33. The van der Waals surface area contributed by atoms with E-state index >= 15 is 0 Å². The van der Waals surface area contributed by atoms with Crippen LogP contribution in [0.1, 0.15) is 24.9 Å². The Kier molecular flexibility index (Phi) is 4.09. The van der Waals surface area contributed by atoms with E-state index in [0.29, 0.717) is 6.42 Å². The van der Waals surface area contributed by atoms with E-state index in [9.17, 15) is 9.59 Å². The smallest absolute Gasteiger partial charge is 0.238 e. The molecule has 2 atom stereocenters. The highest BCUT2D eigenvalue weighted by Gasteiger charge is 2.30. The summed E-state index contributed by atoms with van der Waals surface area (Å²) >= 11 is 0. The van der Waals surface area contributed by atoms with E-state index in [1.54, 1.807) is 30.9 Å². The van der Waals surface area contributed by atoms with Gasteiger partial charge in [0.15, 0.2) is 0 Å². The molecule has 1 aromatic rings. The first-order valence-corrected chi connectivity index (χ1v) is 6.74. The van der Waals surface area contributed by atoms with Crippen LogP contribution in [-0.2, 0) is 9.59 Å². The minimum atomic E-state index is -0.320. The number of likely N-dealkylation sites (N-methyl/N-ethyl adjacent to an activating group) is 1. The topological polar surface area (TPSA) is 52.7 Å². The zero-order chi connectivity index (χ0) is 14.9. The van der Waals surface area contributed by atoms with Crippen LogP contribution in [-0.4, -0.2) is 43.9 Å². The van der Waals surface area contributed by atoms with Gasteiger partial charge < -0.3 is 9.80 Å². The van der Waals surface area contributed by atoms with Crippen LogP contribution in [0.2, 0.25) is 0 Å². The zero-order valence-electron chi connectivity index (χ0n) is 12.4. The number of nitrogens with zero attached hydrogens (tertiary/aromatic N) is 2. The van der Waals surface area contributed by atoms with Crippen LogP contribution < -0.4 is 10.2 Å². The summed E-state index contributed by atoms with van der Waals surface area (Å²) in [6, 6.07) is 7.37. The Bertz CT molecular complexity index is 528. The van der Waals surface area contributed by atoms with Gasteiger partial charge in [-0.1, -0.05) is 18.2 Å². The number of carbonyl (C=O) groups is 2. The van der Waals surface area contributed by atoms with Crippen molar-refractivity contribution in [3.63, 3.8) is 0 Å². The van der Waals surface area contributed by atoms with Crippen LogP contribution in [0.25, 0.3) is 0 Å². The van der Waals surface area contributed by atoms with Crippen LogP contribution in [0, 0.1) is 0 Å². The van der Waals surface area contributed by atoms with Gasteiger partial charge in [0.1, 0.15) is 0 Å². The van der Waals surface area contributed by atoms with Gasteiger partial charge >= 0.3 is 0 Å². The highest BCUT2D eigenvalue weighted by atomic mass is 16.2. The molecule has 2 unspecified atom stereocenters. The predicted octanol–water partition coefficient (Wildman–Crippen LogP) is 1.16. The molecule has 0 bridgehead atoms. The summed E-state index contributed by atoms with van der Waals surface area (Å²) in [5.41, 5.74) is 1.97. The number of anilines is 1. The third kappa shape index (κ3) is 2.67. The molecule has 0 aliphatic carbocycles. The fraction of sp³-hybridized carbons (Fsp3) is 0.467. The molecule has 2 rings (SSSR count). The number of nitrogens with one attached hydrogen (secondary N) is 1. The van der Waals surface area contributed by atoms with Crippen LogP contribution >= 0.6 is 0 Å². The van der Waals surface area contributed by atoms with Gasteiger partial charge in [-0.05, 0) is 18.6 Å². The third-order valence-corrected chi connectivity index (χ3v) is 3.69. The molecule has 1 aromatic carbocycles. The van der Waals surface area contributed by atoms with E-state index in [1.807, 2.05) is 31.2 Å². The molecule has 0 saturated carbocycles. The summed E-state index contributed by atoms with van der Waals surface area (Å²) in [6.07, 6.45) is 0.374. The van der Waals surface area contributed by atoms with Gasteiger partial charge in [-0.15, -0.1) is 0 Å². The monoisotopic (exact) mass is 275 g/mol. The minimum absolute atomic E-state index is 0.00820. The number of fused-ring (bicyclic) bond motifs is 1. The van der Waals surface area contributed by atoms with Crippen LogP contribution in [0.15, 0.2) is 24.3 Å². The molecule has 1 aliphatic rings. The maximum Gasteiger partial charge on any atom is 0.238 e. The average molecular weight is 275 g/mol. The molecule has 1 N–H and O–H groups in total. The van der Waals surface area contributed by atoms with Crippen molar-refractivity contribution in [1.29, 1.82) is 0 Å². The molecule has 0 fully saturated rings. The van der Waals surface area contributed by atoms with E-state index in [2.05, 4.69) is 5.32 Å². The highest BCUT2D eigenvalue weighted by molar-refractivity contribution is 5.96. The van der Waals surface area contributed by atoms with Gasteiger partial charge in [0, 0.05) is 39.3 Å². The van der Waals surface area contributed by atoms with E-state index in [1.165, 1.54) is 0 Å². The highest BCUT2D eigenvalue weighted by Crippen LogP contribution is 2.33. The standard InChI is InChI=1S/C15H21N3O2/c1-10(15(20)17(2)3)16-12-9-14(19)18(4)13-8-6-5-7-11(12)13/h5-8,10,12,16H,9H2,1-4H3.